The average molecular weight is 291 g/mol. The molecule has 1 aromatic carbocycles. The highest BCUT2D eigenvalue weighted by molar-refractivity contribution is 5.85. The minimum atomic E-state index is -0.897. The van der Waals surface area contributed by atoms with Gasteiger partial charge in [0.2, 0.25) is 5.91 Å². The first-order valence-corrected chi connectivity index (χ1v) is 5.90. The second-order valence-corrected chi connectivity index (χ2v) is 4.27. The predicted molar refractivity (Wildman–Crippen MR) is 74.7 cm³/mol. The second kappa shape index (κ2) is 8.85. The van der Waals surface area contributed by atoms with Gasteiger partial charge in [0.25, 0.3) is 0 Å². The van der Waals surface area contributed by atoms with Crippen molar-refractivity contribution in [3.8, 4) is 0 Å². The first kappa shape index (κ1) is 17.8. The highest BCUT2D eigenvalue weighted by Crippen LogP contribution is 2.13. The number of rotatable bonds is 6. The third-order valence-electron chi connectivity index (χ3n) is 2.66. The van der Waals surface area contributed by atoms with Crippen LogP contribution in [0.2, 0.25) is 0 Å². The number of benzene rings is 1. The largest absolute Gasteiger partial charge is 0.387 e. The molecular weight excluding hydrogens is 271 g/mol. The van der Waals surface area contributed by atoms with Crippen LogP contribution in [0.1, 0.15) is 18.6 Å². The fourth-order valence-electron chi connectivity index (χ4n) is 1.60. The van der Waals surface area contributed by atoms with E-state index in [0.29, 0.717) is 12.1 Å². The molecule has 2 atom stereocenters. The number of aliphatic hydroxyl groups is 1. The average Bonchev–Trinajstić information content (AvgIpc) is 2.35. The van der Waals surface area contributed by atoms with Crippen molar-refractivity contribution in [1.82, 2.24) is 10.6 Å². The highest BCUT2D eigenvalue weighted by Gasteiger charge is 2.14. The zero-order valence-electron chi connectivity index (χ0n) is 11.0. The third-order valence-corrected chi connectivity index (χ3v) is 2.66. The number of hydrogen-bond donors (Lipinski definition) is 3. The molecule has 0 aliphatic rings. The van der Waals surface area contributed by atoms with Gasteiger partial charge in [-0.25, -0.2) is 4.39 Å². The number of aliphatic hydroxyl groups excluding tert-OH is 1. The molecule has 1 amide bonds. The van der Waals surface area contributed by atoms with Gasteiger partial charge in [-0.1, -0.05) is 19.1 Å². The van der Waals surface area contributed by atoms with Crippen molar-refractivity contribution < 1.29 is 14.3 Å². The van der Waals surface area contributed by atoms with Crippen molar-refractivity contribution in [2.24, 2.45) is 5.92 Å². The molecule has 0 heterocycles. The predicted octanol–water partition coefficient (Wildman–Crippen LogP) is 1.25. The molecule has 19 heavy (non-hydrogen) atoms. The molecular formula is C13H20ClFN2O2. The second-order valence-electron chi connectivity index (χ2n) is 4.27. The van der Waals surface area contributed by atoms with E-state index in [1.165, 1.54) is 18.2 Å². The molecule has 0 saturated carbocycles. The zero-order chi connectivity index (χ0) is 13.5. The van der Waals surface area contributed by atoms with Crippen LogP contribution in [0, 0.1) is 11.7 Å². The molecule has 6 heteroatoms. The number of hydrogen-bond acceptors (Lipinski definition) is 3. The van der Waals surface area contributed by atoms with Crippen molar-refractivity contribution >= 4 is 18.3 Å². The Kier molecular flexibility index (Phi) is 8.30. The Morgan fingerprint density at radius 2 is 2.11 bits per heavy atom. The Labute approximate surface area is 118 Å². The number of carbonyl (C=O) groups is 1. The third kappa shape index (κ3) is 6.00. The van der Waals surface area contributed by atoms with Crippen LogP contribution >= 0.6 is 12.4 Å². The Morgan fingerprint density at radius 1 is 1.42 bits per heavy atom. The summed E-state index contributed by atoms with van der Waals surface area (Å²) in [5, 5.41) is 15.3. The van der Waals surface area contributed by atoms with Crippen LogP contribution in [0.4, 0.5) is 4.39 Å². The van der Waals surface area contributed by atoms with E-state index in [-0.39, 0.29) is 30.8 Å². The number of nitrogens with one attached hydrogen (secondary N) is 2. The summed E-state index contributed by atoms with van der Waals surface area (Å²) in [7, 11) is 1.77. The van der Waals surface area contributed by atoms with Crippen LogP contribution in [0.5, 0.6) is 0 Å². The Balaban J connectivity index is 0.00000324. The van der Waals surface area contributed by atoms with Gasteiger partial charge >= 0.3 is 0 Å². The van der Waals surface area contributed by atoms with Crippen LogP contribution < -0.4 is 10.6 Å². The van der Waals surface area contributed by atoms with E-state index >= 15 is 0 Å². The summed E-state index contributed by atoms with van der Waals surface area (Å²) in [5.74, 6) is -0.712. The molecule has 0 radical (unpaired) electrons. The van der Waals surface area contributed by atoms with Crippen molar-refractivity contribution in [2.45, 2.75) is 13.0 Å². The van der Waals surface area contributed by atoms with E-state index in [4.69, 9.17) is 0 Å². The van der Waals surface area contributed by atoms with Gasteiger partial charge in [0.15, 0.2) is 0 Å². The van der Waals surface area contributed by atoms with Gasteiger partial charge in [-0.2, -0.15) is 0 Å². The number of amides is 1. The van der Waals surface area contributed by atoms with Crippen LogP contribution in [-0.2, 0) is 4.79 Å². The van der Waals surface area contributed by atoms with Gasteiger partial charge in [-0.3, -0.25) is 4.79 Å². The van der Waals surface area contributed by atoms with E-state index in [0.717, 1.165) is 0 Å². The molecule has 108 valence electrons. The lowest BCUT2D eigenvalue weighted by Gasteiger charge is -2.15. The lowest BCUT2D eigenvalue weighted by Crippen LogP contribution is -2.36. The summed E-state index contributed by atoms with van der Waals surface area (Å²) in [6.45, 7) is 2.44. The van der Waals surface area contributed by atoms with Gasteiger partial charge in [0.05, 0.1) is 6.10 Å². The smallest absolute Gasteiger partial charge is 0.224 e. The summed E-state index contributed by atoms with van der Waals surface area (Å²) in [6.07, 6.45) is -0.897. The molecule has 0 bridgehead atoms. The van der Waals surface area contributed by atoms with E-state index in [1.54, 1.807) is 20.0 Å². The Bertz CT molecular complexity index is 404. The summed E-state index contributed by atoms with van der Waals surface area (Å²) in [4.78, 5) is 11.6. The minimum Gasteiger partial charge on any atom is -0.387 e. The summed E-state index contributed by atoms with van der Waals surface area (Å²) >= 11 is 0. The van der Waals surface area contributed by atoms with Crippen molar-refractivity contribution in [3.63, 3.8) is 0 Å². The van der Waals surface area contributed by atoms with E-state index in [2.05, 4.69) is 10.6 Å². The molecule has 0 fully saturated rings. The number of halogens is 2. The first-order valence-electron chi connectivity index (χ1n) is 5.90. The molecule has 1 aromatic rings. The van der Waals surface area contributed by atoms with Gasteiger partial charge in [0, 0.05) is 19.0 Å². The minimum absolute atomic E-state index is 0. The first-order chi connectivity index (χ1) is 8.54. The topological polar surface area (TPSA) is 61.4 Å². The highest BCUT2D eigenvalue weighted by atomic mass is 35.5. The van der Waals surface area contributed by atoms with E-state index in [9.17, 15) is 14.3 Å². The molecule has 0 saturated heterocycles. The molecule has 0 spiro atoms. The normalized spacial score (nSPS) is 13.3. The van der Waals surface area contributed by atoms with Gasteiger partial charge < -0.3 is 15.7 Å². The lowest BCUT2D eigenvalue weighted by molar-refractivity contribution is -0.124. The van der Waals surface area contributed by atoms with Crippen molar-refractivity contribution in [3.05, 3.63) is 35.6 Å². The Hall–Kier alpha value is -1.17. The quantitative estimate of drug-likeness (QED) is 0.739. The van der Waals surface area contributed by atoms with Crippen molar-refractivity contribution in [1.29, 1.82) is 0 Å². The molecule has 0 aliphatic heterocycles. The van der Waals surface area contributed by atoms with E-state index < -0.39 is 11.9 Å². The van der Waals surface area contributed by atoms with Crippen molar-refractivity contribution in [2.75, 3.05) is 20.1 Å². The van der Waals surface area contributed by atoms with Gasteiger partial charge in [0.1, 0.15) is 5.82 Å². The molecule has 2 unspecified atom stereocenters. The zero-order valence-corrected chi connectivity index (χ0v) is 11.8. The molecule has 0 aliphatic carbocycles. The Morgan fingerprint density at radius 3 is 2.68 bits per heavy atom. The molecule has 0 aromatic heterocycles. The summed E-state index contributed by atoms with van der Waals surface area (Å²) < 4.78 is 12.9. The van der Waals surface area contributed by atoms with E-state index in [1.807, 2.05) is 0 Å². The van der Waals surface area contributed by atoms with Gasteiger partial charge in [-0.05, 0) is 24.7 Å². The molecule has 3 N–H and O–H groups in total. The maximum atomic E-state index is 12.9. The standard InChI is InChI=1S/C13H19FN2O2.ClH/c1-9(7-15-2)13(18)16-8-12(17)10-4-3-5-11(14)6-10;/h3-6,9,12,15,17H,7-8H2,1-2H3,(H,16,18);1H. The SMILES string of the molecule is CNCC(C)C(=O)NCC(O)c1cccc(F)c1.Cl. The monoisotopic (exact) mass is 290 g/mol. The fourth-order valence-corrected chi connectivity index (χ4v) is 1.60. The lowest BCUT2D eigenvalue weighted by atomic mass is 10.1. The molecule has 1 rings (SSSR count). The van der Waals surface area contributed by atoms with Crippen LogP contribution in [0.25, 0.3) is 0 Å². The van der Waals surface area contributed by atoms with Crippen LogP contribution in [-0.4, -0.2) is 31.2 Å². The van der Waals surface area contributed by atoms with Crippen LogP contribution in [0.15, 0.2) is 24.3 Å². The summed E-state index contributed by atoms with van der Waals surface area (Å²) in [6, 6.07) is 5.72. The van der Waals surface area contributed by atoms with Gasteiger partial charge in [-0.15, -0.1) is 12.4 Å². The maximum Gasteiger partial charge on any atom is 0.224 e. The van der Waals surface area contributed by atoms with Crippen LogP contribution in [0.3, 0.4) is 0 Å². The summed E-state index contributed by atoms with van der Waals surface area (Å²) in [5.41, 5.74) is 0.455. The maximum absolute atomic E-state index is 12.9. The number of carbonyl (C=O) groups excluding carboxylic acids is 1. The fraction of sp³-hybridized carbons (Fsp3) is 0.462. The molecule has 4 nitrogen and oxygen atoms in total.